The molecule has 0 unspecified atom stereocenters. The second kappa shape index (κ2) is 5.21. The van der Waals surface area contributed by atoms with Crippen molar-refractivity contribution in [3.8, 4) is 16.9 Å². The van der Waals surface area contributed by atoms with Gasteiger partial charge in [-0.05, 0) is 23.3 Å². The third-order valence-electron chi connectivity index (χ3n) is 2.10. The van der Waals surface area contributed by atoms with Crippen LogP contribution in [0.3, 0.4) is 0 Å². The van der Waals surface area contributed by atoms with Crippen molar-refractivity contribution >= 4 is 5.69 Å². The predicted octanol–water partition coefficient (Wildman–Crippen LogP) is -0.987. The van der Waals surface area contributed by atoms with E-state index in [-0.39, 0.29) is 35.3 Å². The van der Waals surface area contributed by atoms with Gasteiger partial charge in [0.15, 0.2) is 0 Å². The van der Waals surface area contributed by atoms with Crippen LogP contribution in [0.5, 0.6) is 5.75 Å². The van der Waals surface area contributed by atoms with E-state index in [1.54, 1.807) is 12.1 Å². The number of anilines is 1. The Morgan fingerprint density at radius 1 is 0.733 bits per heavy atom. The largest absolute Gasteiger partial charge is 1.00 e. The SMILES string of the molecule is Nc1ccc(-c2ccc([O-])cc2)cc1.[Na+]. The van der Waals surface area contributed by atoms with Crippen molar-refractivity contribution in [3.05, 3.63) is 48.5 Å². The Labute approximate surface area is 111 Å². The Morgan fingerprint density at radius 2 is 1.13 bits per heavy atom. The summed E-state index contributed by atoms with van der Waals surface area (Å²) in [6.45, 7) is 0. The summed E-state index contributed by atoms with van der Waals surface area (Å²) in [6.07, 6.45) is 0. The molecule has 15 heavy (non-hydrogen) atoms. The Balaban J connectivity index is 0.00000112. The number of nitrogens with two attached hydrogens (primary N) is 1. The fraction of sp³-hybridized carbons (Fsp3) is 0. The van der Waals surface area contributed by atoms with Gasteiger partial charge >= 0.3 is 29.6 Å². The Morgan fingerprint density at radius 3 is 1.60 bits per heavy atom. The maximum atomic E-state index is 10.9. The maximum Gasteiger partial charge on any atom is 1.00 e. The summed E-state index contributed by atoms with van der Waals surface area (Å²) < 4.78 is 0. The summed E-state index contributed by atoms with van der Waals surface area (Å²) in [5.41, 5.74) is 8.42. The first-order valence-electron chi connectivity index (χ1n) is 4.39. The monoisotopic (exact) mass is 207 g/mol. The number of hydrogen-bond donors (Lipinski definition) is 1. The molecule has 70 valence electrons. The van der Waals surface area contributed by atoms with E-state index >= 15 is 0 Å². The zero-order chi connectivity index (χ0) is 9.97. The topological polar surface area (TPSA) is 49.1 Å². The van der Waals surface area contributed by atoms with Crippen LogP contribution >= 0.6 is 0 Å². The first-order valence-corrected chi connectivity index (χ1v) is 4.39. The van der Waals surface area contributed by atoms with Gasteiger partial charge in [-0.15, -0.1) is 5.75 Å². The molecule has 2 aromatic rings. The van der Waals surface area contributed by atoms with Crippen LogP contribution in [0.4, 0.5) is 5.69 Å². The first-order chi connectivity index (χ1) is 6.75. The summed E-state index contributed by atoms with van der Waals surface area (Å²) in [4.78, 5) is 0. The molecule has 0 bridgehead atoms. The molecule has 0 heterocycles. The summed E-state index contributed by atoms with van der Waals surface area (Å²) in [7, 11) is 0. The van der Waals surface area contributed by atoms with Crippen LogP contribution in [0, 0.1) is 0 Å². The fourth-order valence-electron chi connectivity index (χ4n) is 1.32. The standard InChI is InChI=1S/C12H11NO.Na/c13-11-5-1-9(2-6-11)10-3-7-12(14)8-4-10;/h1-8,14H,13H2;/q;+1/p-1. The summed E-state index contributed by atoms with van der Waals surface area (Å²) in [6, 6.07) is 14.3. The van der Waals surface area contributed by atoms with Crippen LogP contribution in [0.15, 0.2) is 48.5 Å². The van der Waals surface area contributed by atoms with Crippen LogP contribution in [-0.2, 0) is 0 Å². The van der Waals surface area contributed by atoms with E-state index in [4.69, 9.17) is 5.73 Å². The molecule has 2 rings (SSSR count). The van der Waals surface area contributed by atoms with Gasteiger partial charge in [-0.25, -0.2) is 0 Å². The first kappa shape index (κ1) is 12.1. The molecular formula is C12H10NNaO. The van der Waals surface area contributed by atoms with Crippen molar-refractivity contribution in [1.82, 2.24) is 0 Å². The third-order valence-corrected chi connectivity index (χ3v) is 2.10. The van der Waals surface area contributed by atoms with E-state index in [1.807, 2.05) is 36.4 Å². The zero-order valence-electron chi connectivity index (χ0n) is 8.60. The molecule has 0 radical (unpaired) electrons. The fourth-order valence-corrected chi connectivity index (χ4v) is 1.32. The van der Waals surface area contributed by atoms with Crippen molar-refractivity contribution in [3.63, 3.8) is 0 Å². The van der Waals surface area contributed by atoms with Crippen molar-refractivity contribution < 1.29 is 34.7 Å². The van der Waals surface area contributed by atoms with Gasteiger partial charge in [0.05, 0.1) is 0 Å². The van der Waals surface area contributed by atoms with Crippen molar-refractivity contribution in [2.75, 3.05) is 5.73 Å². The molecule has 0 spiro atoms. The van der Waals surface area contributed by atoms with Gasteiger partial charge in [0.1, 0.15) is 0 Å². The van der Waals surface area contributed by atoms with E-state index in [0.717, 1.165) is 16.8 Å². The van der Waals surface area contributed by atoms with Crippen molar-refractivity contribution in [1.29, 1.82) is 0 Å². The maximum absolute atomic E-state index is 10.9. The number of rotatable bonds is 1. The number of nitrogen functional groups attached to an aromatic ring is 1. The van der Waals surface area contributed by atoms with Gasteiger partial charge in [0.25, 0.3) is 0 Å². The molecule has 0 saturated carbocycles. The molecule has 0 fully saturated rings. The molecule has 2 aromatic carbocycles. The van der Waals surface area contributed by atoms with Crippen molar-refractivity contribution in [2.24, 2.45) is 0 Å². The number of benzene rings is 2. The molecular weight excluding hydrogens is 197 g/mol. The van der Waals surface area contributed by atoms with Gasteiger partial charge in [-0.3, -0.25) is 0 Å². The Kier molecular flexibility index (Phi) is 4.21. The van der Waals surface area contributed by atoms with Crippen LogP contribution in [0.1, 0.15) is 0 Å². The van der Waals surface area contributed by atoms with E-state index in [2.05, 4.69) is 0 Å². The van der Waals surface area contributed by atoms with Gasteiger partial charge in [-0.1, -0.05) is 36.4 Å². The molecule has 0 aliphatic carbocycles. The summed E-state index contributed by atoms with van der Waals surface area (Å²) in [5, 5.41) is 10.9. The van der Waals surface area contributed by atoms with Gasteiger partial charge in [-0.2, -0.15) is 0 Å². The Bertz CT molecular complexity index is 379. The molecule has 0 aromatic heterocycles. The minimum absolute atomic E-state index is 0. The number of hydrogen-bond acceptors (Lipinski definition) is 2. The summed E-state index contributed by atoms with van der Waals surface area (Å²) >= 11 is 0. The normalized spacial score (nSPS) is 9.33. The third kappa shape index (κ3) is 2.99. The second-order valence-electron chi connectivity index (χ2n) is 3.15. The van der Waals surface area contributed by atoms with Crippen molar-refractivity contribution in [2.45, 2.75) is 0 Å². The average Bonchev–Trinajstić information content (AvgIpc) is 2.21. The van der Waals surface area contributed by atoms with E-state index in [9.17, 15) is 5.11 Å². The summed E-state index contributed by atoms with van der Waals surface area (Å²) in [5.74, 6) is 0.0317. The average molecular weight is 207 g/mol. The Hall–Kier alpha value is -0.960. The van der Waals surface area contributed by atoms with E-state index in [0.29, 0.717) is 0 Å². The quantitative estimate of drug-likeness (QED) is 0.482. The van der Waals surface area contributed by atoms with Gasteiger partial charge < -0.3 is 10.8 Å². The van der Waals surface area contributed by atoms with Crippen LogP contribution in [0.2, 0.25) is 0 Å². The molecule has 0 aliphatic heterocycles. The van der Waals surface area contributed by atoms with Gasteiger partial charge in [0, 0.05) is 5.69 Å². The van der Waals surface area contributed by atoms with E-state index < -0.39 is 0 Å². The zero-order valence-corrected chi connectivity index (χ0v) is 10.6. The molecule has 3 heteroatoms. The molecule has 2 nitrogen and oxygen atoms in total. The molecule has 0 aliphatic rings. The molecule has 0 atom stereocenters. The minimum Gasteiger partial charge on any atom is -0.872 e. The van der Waals surface area contributed by atoms with E-state index in [1.165, 1.54) is 0 Å². The molecule has 2 N–H and O–H groups in total. The molecule has 0 saturated heterocycles. The van der Waals surface area contributed by atoms with Gasteiger partial charge in [0.2, 0.25) is 0 Å². The van der Waals surface area contributed by atoms with Crippen LogP contribution in [0.25, 0.3) is 11.1 Å². The van der Waals surface area contributed by atoms with Crippen LogP contribution < -0.4 is 40.4 Å². The second-order valence-corrected chi connectivity index (χ2v) is 3.15. The molecule has 0 amide bonds. The smallest absolute Gasteiger partial charge is 0.872 e. The minimum atomic E-state index is 0. The van der Waals surface area contributed by atoms with Crippen LogP contribution in [-0.4, -0.2) is 0 Å². The predicted molar refractivity (Wildman–Crippen MR) is 55.7 cm³/mol.